The van der Waals surface area contributed by atoms with E-state index in [1.807, 2.05) is 0 Å². The molecule has 1 atom stereocenters. The van der Waals surface area contributed by atoms with Gasteiger partial charge >= 0.3 is 6.18 Å². The molecule has 22 heavy (non-hydrogen) atoms. The second kappa shape index (κ2) is 5.91. The molecule has 0 radical (unpaired) electrons. The standard InChI is InChI=1S/C14H16F5NO2/c1-3-22-13(14(17,18)19)6-7-20(8-13)10-5-4-9(15)11(16)12(10)21-2/h4-5H,3,6-8H2,1-2H3. The lowest BCUT2D eigenvalue weighted by Gasteiger charge is -2.32. The van der Waals surface area contributed by atoms with E-state index in [-0.39, 0.29) is 25.3 Å². The Bertz CT molecular complexity index is 549. The number of alkyl halides is 3. The molecule has 1 unspecified atom stereocenters. The quantitative estimate of drug-likeness (QED) is 0.791. The third-order valence-corrected chi connectivity index (χ3v) is 3.74. The number of benzene rings is 1. The fourth-order valence-corrected chi connectivity index (χ4v) is 2.66. The molecule has 2 rings (SSSR count). The molecular weight excluding hydrogens is 309 g/mol. The highest BCUT2D eigenvalue weighted by Gasteiger charge is 2.59. The summed E-state index contributed by atoms with van der Waals surface area (Å²) in [5.41, 5.74) is -2.23. The minimum Gasteiger partial charge on any atom is -0.491 e. The van der Waals surface area contributed by atoms with Crippen LogP contribution in [0.4, 0.5) is 27.6 Å². The van der Waals surface area contributed by atoms with Crippen LogP contribution in [-0.4, -0.2) is 38.6 Å². The molecule has 0 spiro atoms. The number of nitrogens with zero attached hydrogens (tertiary/aromatic N) is 1. The second-order valence-electron chi connectivity index (χ2n) is 5.01. The maximum atomic E-state index is 13.7. The summed E-state index contributed by atoms with van der Waals surface area (Å²) in [7, 11) is 1.14. The van der Waals surface area contributed by atoms with Gasteiger partial charge in [0.25, 0.3) is 0 Å². The van der Waals surface area contributed by atoms with Crippen LogP contribution in [-0.2, 0) is 4.74 Å². The lowest BCUT2D eigenvalue weighted by molar-refractivity contribution is -0.267. The van der Waals surface area contributed by atoms with Gasteiger partial charge in [0.2, 0.25) is 5.82 Å². The van der Waals surface area contributed by atoms with Crippen molar-refractivity contribution in [3.8, 4) is 5.75 Å². The van der Waals surface area contributed by atoms with Crippen molar-refractivity contribution >= 4 is 5.69 Å². The van der Waals surface area contributed by atoms with Gasteiger partial charge in [0.15, 0.2) is 17.2 Å². The monoisotopic (exact) mass is 325 g/mol. The van der Waals surface area contributed by atoms with Crippen molar-refractivity contribution in [2.45, 2.75) is 25.1 Å². The van der Waals surface area contributed by atoms with Crippen LogP contribution in [0.2, 0.25) is 0 Å². The molecule has 3 nitrogen and oxygen atoms in total. The van der Waals surface area contributed by atoms with Gasteiger partial charge in [-0.3, -0.25) is 0 Å². The summed E-state index contributed by atoms with van der Waals surface area (Å²) in [6.07, 6.45) is -4.84. The Morgan fingerprint density at radius 2 is 1.95 bits per heavy atom. The minimum absolute atomic E-state index is 0.000935. The summed E-state index contributed by atoms with van der Waals surface area (Å²) >= 11 is 0. The van der Waals surface area contributed by atoms with Crippen molar-refractivity contribution in [3.05, 3.63) is 23.8 Å². The summed E-state index contributed by atoms with van der Waals surface area (Å²) in [6, 6.07) is 2.07. The number of hydrogen-bond donors (Lipinski definition) is 0. The summed E-state index contributed by atoms with van der Waals surface area (Å²) in [6.45, 7) is 0.892. The van der Waals surface area contributed by atoms with Gasteiger partial charge in [0.1, 0.15) is 0 Å². The van der Waals surface area contributed by atoms with Crippen LogP contribution < -0.4 is 9.64 Å². The Kier molecular flexibility index (Phi) is 4.51. The van der Waals surface area contributed by atoms with Crippen molar-refractivity contribution in [2.75, 3.05) is 31.7 Å². The number of anilines is 1. The van der Waals surface area contributed by atoms with Crippen molar-refractivity contribution in [1.29, 1.82) is 0 Å². The molecule has 1 aliphatic heterocycles. The minimum atomic E-state index is -4.55. The fourth-order valence-electron chi connectivity index (χ4n) is 2.66. The third-order valence-electron chi connectivity index (χ3n) is 3.74. The maximum absolute atomic E-state index is 13.7. The molecule has 0 aromatic heterocycles. The highest BCUT2D eigenvalue weighted by Crippen LogP contribution is 2.44. The Balaban J connectivity index is 2.36. The van der Waals surface area contributed by atoms with Gasteiger partial charge in [-0.1, -0.05) is 0 Å². The topological polar surface area (TPSA) is 21.7 Å². The first-order valence-corrected chi connectivity index (χ1v) is 6.73. The molecule has 0 amide bonds. The van der Waals surface area contributed by atoms with Crippen molar-refractivity contribution in [1.82, 2.24) is 0 Å². The smallest absolute Gasteiger partial charge is 0.419 e. The van der Waals surface area contributed by atoms with Crippen molar-refractivity contribution in [3.63, 3.8) is 0 Å². The van der Waals surface area contributed by atoms with Gasteiger partial charge in [-0.15, -0.1) is 0 Å². The SMILES string of the molecule is CCOC1(C(F)(F)F)CCN(c2ccc(F)c(F)c2OC)C1. The first kappa shape index (κ1) is 16.8. The molecule has 0 N–H and O–H groups in total. The van der Waals surface area contributed by atoms with E-state index in [9.17, 15) is 22.0 Å². The van der Waals surface area contributed by atoms with Crippen molar-refractivity contribution in [2.24, 2.45) is 0 Å². The van der Waals surface area contributed by atoms with Crippen LogP contribution in [0, 0.1) is 11.6 Å². The van der Waals surface area contributed by atoms with E-state index in [1.54, 1.807) is 0 Å². The lowest BCUT2D eigenvalue weighted by atomic mass is 10.0. The normalized spacial score (nSPS) is 22.2. The van der Waals surface area contributed by atoms with Crippen LogP contribution in [0.5, 0.6) is 5.75 Å². The molecule has 0 bridgehead atoms. The van der Waals surface area contributed by atoms with Gasteiger partial charge in [-0.05, 0) is 19.1 Å². The van der Waals surface area contributed by atoms with Gasteiger partial charge in [0.05, 0.1) is 19.3 Å². The molecule has 1 fully saturated rings. The molecular formula is C14H16F5NO2. The van der Waals surface area contributed by atoms with E-state index < -0.39 is 35.7 Å². The number of hydrogen-bond acceptors (Lipinski definition) is 3. The Morgan fingerprint density at radius 1 is 1.27 bits per heavy atom. The largest absolute Gasteiger partial charge is 0.491 e. The lowest BCUT2D eigenvalue weighted by Crippen LogP contribution is -2.50. The molecule has 8 heteroatoms. The summed E-state index contributed by atoms with van der Waals surface area (Å²) < 4.78 is 76.6. The number of halogens is 5. The predicted octanol–water partition coefficient (Wildman–Crippen LogP) is 3.52. The first-order chi connectivity index (χ1) is 10.3. The molecule has 1 saturated heterocycles. The molecule has 0 saturated carbocycles. The number of ether oxygens (including phenoxy) is 2. The Labute approximate surface area is 124 Å². The summed E-state index contributed by atoms with van der Waals surface area (Å²) in [5.74, 6) is -2.75. The van der Waals surface area contributed by atoms with E-state index in [2.05, 4.69) is 0 Å². The van der Waals surface area contributed by atoms with Crippen LogP contribution in [0.15, 0.2) is 12.1 Å². The molecule has 1 aliphatic rings. The number of methoxy groups -OCH3 is 1. The highest BCUT2D eigenvalue weighted by atomic mass is 19.4. The zero-order valence-corrected chi connectivity index (χ0v) is 12.1. The molecule has 1 heterocycles. The molecule has 1 aromatic rings. The predicted molar refractivity (Wildman–Crippen MR) is 70.2 cm³/mol. The molecule has 1 aromatic carbocycles. The van der Waals surface area contributed by atoms with Gasteiger partial charge < -0.3 is 14.4 Å². The first-order valence-electron chi connectivity index (χ1n) is 6.73. The maximum Gasteiger partial charge on any atom is 0.419 e. The molecule has 0 aliphatic carbocycles. The highest BCUT2D eigenvalue weighted by molar-refractivity contribution is 5.60. The van der Waals surface area contributed by atoms with Gasteiger partial charge in [-0.2, -0.15) is 17.6 Å². The van der Waals surface area contributed by atoms with E-state index in [0.29, 0.717) is 0 Å². The van der Waals surface area contributed by atoms with Crippen LogP contribution in [0.25, 0.3) is 0 Å². The Hall–Kier alpha value is -1.57. The van der Waals surface area contributed by atoms with Crippen LogP contribution in [0.1, 0.15) is 13.3 Å². The van der Waals surface area contributed by atoms with E-state index >= 15 is 0 Å². The summed E-state index contributed by atoms with van der Waals surface area (Å²) in [5, 5.41) is 0. The zero-order chi connectivity index (χ0) is 16.5. The average molecular weight is 325 g/mol. The second-order valence-corrected chi connectivity index (χ2v) is 5.01. The van der Waals surface area contributed by atoms with E-state index in [4.69, 9.17) is 9.47 Å². The Morgan fingerprint density at radius 3 is 2.50 bits per heavy atom. The molecule has 124 valence electrons. The van der Waals surface area contributed by atoms with Crippen molar-refractivity contribution < 1.29 is 31.4 Å². The van der Waals surface area contributed by atoms with E-state index in [0.717, 1.165) is 13.2 Å². The van der Waals surface area contributed by atoms with Gasteiger partial charge in [0, 0.05) is 19.6 Å². The van der Waals surface area contributed by atoms with Crippen LogP contribution >= 0.6 is 0 Å². The summed E-state index contributed by atoms with van der Waals surface area (Å²) in [4.78, 5) is 1.30. The van der Waals surface area contributed by atoms with Gasteiger partial charge in [-0.25, -0.2) is 4.39 Å². The van der Waals surface area contributed by atoms with Crippen LogP contribution in [0.3, 0.4) is 0 Å². The zero-order valence-electron chi connectivity index (χ0n) is 12.1. The number of rotatable bonds is 4. The third kappa shape index (κ3) is 2.71. The fraction of sp³-hybridized carbons (Fsp3) is 0.571. The average Bonchev–Trinajstić information content (AvgIpc) is 2.87. The van der Waals surface area contributed by atoms with E-state index in [1.165, 1.54) is 17.9 Å².